The van der Waals surface area contributed by atoms with Crippen LogP contribution in [0.3, 0.4) is 0 Å². The number of hydrogen-bond donors (Lipinski definition) is 0. The molecule has 0 aromatic heterocycles. The number of hydrogen-bond acceptors (Lipinski definition) is 4. The van der Waals surface area contributed by atoms with Crippen LogP contribution in [0.2, 0.25) is 0 Å². The van der Waals surface area contributed by atoms with Crippen molar-refractivity contribution in [1.29, 1.82) is 0 Å². The summed E-state index contributed by atoms with van der Waals surface area (Å²) in [5.74, 6) is 0.735. The molecule has 3 aliphatic rings. The van der Waals surface area contributed by atoms with Gasteiger partial charge in [-0.25, -0.2) is 9.57 Å². The van der Waals surface area contributed by atoms with Crippen LogP contribution in [0.25, 0.3) is 31.7 Å². The molecule has 0 fully saturated rings. The third-order valence-corrected chi connectivity index (χ3v) is 7.24. The second-order valence-corrected chi connectivity index (χ2v) is 13.6. The van der Waals surface area contributed by atoms with Gasteiger partial charge in [-0.3, -0.25) is 0 Å². The molecule has 0 saturated carbocycles. The monoisotopic (exact) mass is 601 g/mol. The molecule has 216 valence electrons. The molecule has 0 spiro atoms. The fourth-order valence-corrected chi connectivity index (χ4v) is 5.49. The molecule has 40 heavy (non-hydrogen) atoms. The topological polar surface area (TPSA) is 27.8 Å². The zero-order valence-corrected chi connectivity index (χ0v) is 24.6. The third kappa shape index (κ3) is 7.52. The normalized spacial score (nSPS) is 16.4. The van der Waals surface area contributed by atoms with Crippen LogP contribution in [0.15, 0.2) is 65.7 Å². The number of benzene rings is 3. The Morgan fingerprint density at radius 3 is 2.05 bits per heavy atom. The van der Waals surface area contributed by atoms with Gasteiger partial charge < -0.3 is 9.64 Å². The molecule has 1 aliphatic carbocycles. The summed E-state index contributed by atoms with van der Waals surface area (Å²) in [6.07, 6.45) is 0. The van der Waals surface area contributed by atoms with E-state index in [1.54, 1.807) is 0 Å². The Hall–Kier alpha value is -3.17. The standard InChI is InChI=1S/C28H30N3OS.F6P/c1-28(2)17-29-27(32-28)21-10-8-7-9-20(21)26-22-13-11-18(30(3)4)15-24(22)33-25-16-19(31(5)6)12-14-23(25)26;1-7(2,3,4,5)6/h7-16H,17H2,1-6H3;/q+1;-1. The Labute approximate surface area is 232 Å². The van der Waals surface area contributed by atoms with Crippen LogP contribution in [-0.2, 0) is 4.74 Å². The van der Waals surface area contributed by atoms with Crippen molar-refractivity contribution in [1.82, 2.24) is 4.58 Å². The van der Waals surface area contributed by atoms with Crippen LogP contribution in [0, 0.1) is 0 Å². The van der Waals surface area contributed by atoms with Gasteiger partial charge in [0.1, 0.15) is 19.7 Å². The first-order valence-corrected chi connectivity index (χ1v) is 15.1. The summed E-state index contributed by atoms with van der Waals surface area (Å²) >= 11 is 1.85. The summed E-state index contributed by atoms with van der Waals surface area (Å²) in [5.41, 5.74) is 5.63. The summed E-state index contributed by atoms with van der Waals surface area (Å²) < 4.78 is 68.9. The number of anilines is 1. The fourth-order valence-electron chi connectivity index (χ4n) is 4.33. The van der Waals surface area contributed by atoms with Crippen LogP contribution in [0.4, 0.5) is 30.9 Å². The van der Waals surface area contributed by atoms with Gasteiger partial charge in [-0.05, 0) is 49.2 Å². The first-order valence-electron chi connectivity index (χ1n) is 12.3. The van der Waals surface area contributed by atoms with E-state index in [0.29, 0.717) is 6.54 Å². The van der Waals surface area contributed by atoms with Crippen LogP contribution < -0.4 is 14.8 Å². The van der Waals surface area contributed by atoms with E-state index in [1.807, 2.05) is 11.3 Å². The molecule has 2 aliphatic heterocycles. The van der Waals surface area contributed by atoms with Crippen LogP contribution in [-0.4, -0.2) is 46.2 Å². The van der Waals surface area contributed by atoms with E-state index in [1.165, 1.54) is 37.1 Å². The van der Waals surface area contributed by atoms with E-state index in [9.17, 15) is 25.2 Å². The van der Waals surface area contributed by atoms with Crippen molar-refractivity contribution in [3.63, 3.8) is 0 Å². The molecule has 0 radical (unpaired) electrons. The second-order valence-electron chi connectivity index (χ2n) is 10.6. The minimum absolute atomic E-state index is 0.271. The average molecular weight is 602 g/mol. The summed E-state index contributed by atoms with van der Waals surface area (Å²) in [5, 5.41) is 2.45. The third-order valence-electron chi connectivity index (χ3n) is 6.12. The molecular formula is C28H30F6N3OPS. The molecule has 0 amide bonds. The summed E-state index contributed by atoms with van der Waals surface area (Å²) in [6, 6.07) is 22.0. The van der Waals surface area contributed by atoms with Crippen molar-refractivity contribution < 1.29 is 29.9 Å². The maximum absolute atomic E-state index is 10.7. The molecule has 4 nitrogen and oxygen atoms in total. The van der Waals surface area contributed by atoms with E-state index in [-0.39, 0.29) is 5.60 Å². The van der Waals surface area contributed by atoms with E-state index in [4.69, 9.17) is 9.73 Å². The van der Waals surface area contributed by atoms with Gasteiger partial charge in [-0.1, -0.05) is 24.3 Å². The second kappa shape index (κ2) is 9.45. The zero-order chi connectivity index (χ0) is 29.7. The van der Waals surface area contributed by atoms with Gasteiger partial charge in [0, 0.05) is 58.0 Å². The Morgan fingerprint density at radius 1 is 0.875 bits per heavy atom. The summed E-state index contributed by atoms with van der Waals surface area (Å²) in [6.45, 7) is 4.85. The van der Waals surface area contributed by atoms with E-state index in [0.717, 1.165) is 17.0 Å². The van der Waals surface area contributed by atoms with Gasteiger partial charge >= 0.3 is 33.0 Å². The maximum atomic E-state index is 9.87. The van der Waals surface area contributed by atoms with Gasteiger partial charge in [0.15, 0.2) is 0 Å². The van der Waals surface area contributed by atoms with Gasteiger partial charge in [-0.2, -0.15) is 0 Å². The predicted molar refractivity (Wildman–Crippen MR) is 155 cm³/mol. The van der Waals surface area contributed by atoms with Crippen molar-refractivity contribution in [2.75, 3.05) is 39.6 Å². The fraction of sp³-hybridized carbons (Fsp3) is 0.286. The first-order chi connectivity index (χ1) is 18.2. The Morgan fingerprint density at radius 2 is 1.50 bits per heavy atom. The SMILES string of the molecule is CN(C)c1ccc2c(-c3ccccc3C3=NCC(C)(C)O3)c3ccc(=[N+](C)C)cc-3sc2c1.F[P-](F)(F)(F)(F)F. The van der Waals surface area contributed by atoms with E-state index < -0.39 is 7.81 Å². The summed E-state index contributed by atoms with van der Waals surface area (Å²) in [4.78, 5) is 8.19. The Balaban J connectivity index is 0.000000470. The number of rotatable bonds is 3. The van der Waals surface area contributed by atoms with Crippen molar-refractivity contribution >= 4 is 40.8 Å². The molecule has 0 saturated heterocycles. The molecule has 2 aromatic carbocycles. The average Bonchev–Trinajstić information content (AvgIpc) is 3.19. The molecule has 0 atom stereocenters. The minimum atomic E-state index is -10.7. The predicted octanol–water partition coefficient (Wildman–Crippen LogP) is 8.71. The van der Waals surface area contributed by atoms with Gasteiger partial charge in [0.25, 0.3) is 0 Å². The van der Waals surface area contributed by atoms with Crippen LogP contribution >= 0.6 is 19.1 Å². The summed E-state index contributed by atoms with van der Waals surface area (Å²) in [7, 11) is -2.31. The molecular weight excluding hydrogens is 571 g/mol. The van der Waals surface area contributed by atoms with Crippen LogP contribution in [0.1, 0.15) is 19.4 Å². The number of fused-ring (bicyclic) bond motifs is 2. The van der Waals surface area contributed by atoms with Gasteiger partial charge in [0.2, 0.25) is 11.3 Å². The van der Waals surface area contributed by atoms with Gasteiger partial charge in [-0.15, -0.1) is 11.3 Å². The molecule has 0 N–H and O–H groups in total. The molecule has 0 bridgehead atoms. The Kier molecular flexibility index (Phi) is 7.04. The van der Waals surface area contributed by atoms with Crippen molar-refractivity contribution in [3.05, 3.63) is 71.6 Å². The number of aliphatic imine (C=N–C) groups is 1. The van der Waals surface area contributed by atoms with Crippen molar-refractivity contribution in [2.45, 2.75) is 19.4 Å². The number of nitrogens with zero attached hydrogens (tertiary/aromatic N) is 3. The Bertz CT molecular complexity index is 1660. The quantitative estimate of drug-likeness (QED) is 0.102. The molecule has 5 rings (SSSR count). The molecule has 2 aromatic rings. The van der Waals surface area contributed by atoms with E-state index >= 15 is 0 Å². The van der Waals surface area contributed by atoms with Crippen molar-refractivity contribution in [2.24, 2.45) is 4.99 Å². The van der Waals surface area contributed by atoms with Crippen molar-refractivity contribution in [3.8, 4) is 21.6 Å². The first kappa shape index (κ1) is 29.8. The number of halogens is 6. The molecule has 12 heteroatoms. The number of ether oxygens (including phenoxy) is 1. The molecule has 2 heterocycles. The zero-order valence-electron chi connectivity index (χ0n) is 22.9. The molecule has 0 unspecified atom stereocenters. The van der Waals surface area contributed by atoms with Gasteiger partial charge in [0.05, 0.1) is 6.54 Å². The van der Waals surface area contributed by atoms with E-state index in [2.05, 4.69) is 112 Å². The van der Waals surface area contributed by atoms with Crippen LogP contribution in [0.5, 0.6) is 0 Å².